The average Bonchev–Trinajstić information content (AvgIpc) is 2.63. The lowest BCUT2D eigenvalue weighted by molar-refractivity contribution is -0.278. The van der Waals surface area contributed by atoms with Crippen molar-refractivity contribution in [2.24, 2.45) is 0 Å². The zero-order valence-electron chi connectivity index (χ0n) is 17.0. The third-order valence-electron chi connectivity index (χ3n) is 4.59. The van der Waals surface area contributed by atoms with Crippen LogP contribution in [0.1, 0.15) is 48.0 Å². The van der Waals surface area contributed by atoms with Gasteiger partial charge in [0.25, 0.3) is 5.79 Å². The van der Waals surface area contributed by atoms with Gasteiger partial charge in [-0.15, -0.1) is 5.54 Å². The van der Waals surface area contributed by atoms with Crippen LogP contribution in [-0.4, -0.2) is 56.6 Å². The van der Waals surface area contributed by atoms with E-state index < -0.39 is 31.7 Å². The number of hydrogen-bond acceptors (Lipinski definition) is 6. The summed E-state index contributed by atoms with van der Waals surface area (Å²) in [6.45, 7) is 11.6. The van der Waals surface area contributed by atoms with Crippen molar-refractivity contribution in [2.45, 2.75) is 78.0 Å². The first-order chi connectivity index (χ1) is 12.3. The fraction of sp³-hybridized carbons (Fsp3) is 0.789. The van der Waals surface area contributed by atoms with Crippen molar-refractivity contribution in [3.05, 3.63) is 0 Å². The average molecular weight is 387 g/mol. The second-order valence-corrected chi connectivity index (χ2v) is 10.9. The molecule has 0 unspecified atom stereocenters. The molecule has 0 bridgehead atoms. The minimum absolute atomic E-state index is 0.110. The molecule has 7 heteroatoms. The molecule has 0 rings (SSSR count). The summed E-state index contributed by atoms with van der Waals surface area (Å²) in [5.41, 5.74) is 3.19. The lowest BCUT2D eigenvalue weighted by Crippen LogP contribution is -2.55. The van der Waals surface area contributed by atoms with Crippen LogP contribution in [0.5, 0.6) is 0 Å². The van der Waals surface area contributed by atoms with Crippen molar-refractivity contribution in [3.63, 3.8) is 0 Å². The molecule has 0 aromatic heterocycles. The summed E-state index contributed by atoms with van der Waals surface area (Å²) < 4.78 is 15.8. The zero-order valence-corrected chi connectivity index (χ0v) is 18.0. The highest BCUT2D eigenvalue weighted by Crippen LogP contribution is 2.24. The normalized spacial score (nSPS) is 12.9. The Bertz CT molecular complexity index is 490. The molecule has 0 heterocycles. The molecule has 150 valence electrons. The Morgan fingerprint density at radius 3 is 1.85 bits per heavy atom. The van der Waals surface area contributed by atoms with Gasteiger partial charge in [-0.2, -0.15) is 0 Å². The van der Waals surface area contributed by atoms with Crippen LogP contribution in [0, 0.1) is 11.5 Å². The molecule has 0 spiro atoms. The summed E-state index contributed by atoms with van der Waals surface area (Å²) in [5, 5.41) is 10.6. The zero-order chi connectivity index (χ0) is 20.2. The standard InChI is InChI=1S/C19H34O6Si/c1-7-23-18(22)19(24-8-2,25-9-3)17(21)15-16(20)13-14-26(10-4,11-5)12-6/h17,21H,7-12,15H2,1-6H3/t17-/m1/s1. The molecule has 0 aliphatic rings. The van der Waals surface area contributed by atoms with E-state index in [1.807, 2.05) is 0 Å². The molecule has 0 saturated carbocycles. The van der Waals surface area contributed by atoms with Gasteiger partial charge in [0.05, 0.1) is 13.0 Å². The molecule has 0 fully saturated rings. The molecule has 0 aliphatic carbocycles. The topological polar surface area (TPSA) is 82.1 Å². The van der Waals surface area contributed by atoms with Crippen LogP contribution in [0.15, 0.2) is 0 Å². The van der Waals surface area contributed by atoms with Crippen molar-refractivity contribution < 1.29 is 28.9 Å². The third-order valence-corrected chi connectivity index (χ3v) is 9.31. The van der Waals surface area contributed by atoms with Crippen LogP contribution in [0.3, 0.4) is 0 Å². The smallest absolute Gasteiger partial charge is 0.369 e. The largest absolute Gasteiger partial charge is 0.462 e. The quantitative estimate of drug-likeness (QED) is 0.240. The number of esters is 1. The molecule has 26 heavy (non-hydrogen) atoms. The fourth-order valence-corrected chi connectivity index (χ4v) is 5.16. The van der Waals surface area contributed by atoms with Crippen LogP contribution in [-0.2, 0) is 23.8 Å². The molecule has 0 aliphatic heterocycles. The maximum atomic E-state index is 12.4. The van der Waals surface area contributed by atoms with E-state index in [-0.39, 0.29) is 26.2 Å². The molecule has 0 saturated heterocycles. The molecule has 0 amide bonds. The van der Waals surface area contributed by atoms with E-state index in [9.17, 15) is 14.7 Å². The number of aliphatic hydroxyl groups excluding tert-OH is 1. The number of carbonyl (C=O) groups is 2. The number of rotatable bonds is 12. The molecule has 1 N–H and O–H groups in total. The summed E-state index contributed by atoms with van der Waals surface area (Å²) in [6.07, 6.45) is -1.85. The SMILES string of the molecule is CCOC(=O)C(OCC)(OCC)[C@H](O)CC(=O)C#C[Si](CC)(CC)CC. The Morgan fingerprint density at radius 2 is 1.46 bits per heavy atom. The van der Waals surface area contributed by atoms with Gasteiger partial charge in [-0.1, -0.05) is 20.8 Å². The van der Waals surface area contributed by atoms with Crippen LogP contribution in [0.4, 0.5) is 0 Å². The predicted molar refractivity (Wildman–Crippen MR) is 103 cm³/mol. The van der Waals surface area contributed by atoms with E-state index in [1.165, 1.54) is 0 Å². The number of carbonyl (C=O) groups excluding carboxylic acids is 2. The molecular weight excluding hydrogens is 352 g/mol. The van der Waals surface area contributed by atoms with Crippen molar-refractivity contribution in [2.75, 3.05) is 19.8 Å². The minimum Gasteiger partial charge on any atom is -0.462 e. The molecule has 6 nitrogen and oxygen atoms in total. The lowest BCUT2D eigenvalue weighted by atomic mass is 10.0. The van der Waals surface area contributed by atoms with E-state index in [0.717, 1.165) is 18.1 Å². The number of hydrogen-bond donors (Lipinski definition) is 1. The number of ether oxygens (including phenoxy) is 3. The van der Waals surface area contributed by atoms with E-state index >= 15 is 0 Å². The lowest BCUT2D eigenvalue weighted by Gasteiger charge is -2.34. The maximum Gasteiger partial charge on any atom is 0.369 e. The van der Waals surface area contributed by atoms with Gasteiger partial charge < -0.3 is 19.3 Å². The number of ketones is 1. The van der Waals surface area contributed by atoms with E-state index in [2.05, 4.69) is 32.2 Å². The van der Waals surface area contributed by atoms with E-state index in [4.69, 9.17) is 14.2 Å². The first-order valence-electron chi connectivity index (χ1n) is 9.50. The highest BCUT2D eigenvalue weighted by Gasteiger charge is 2.50. The van der Waals surface area contributed by atoms with Gasteiger partial charge in [-0.05, 0) is 44.8 Å². The van der Waals surface area contributed by atoms with E-state index in [0.29, 0.717) is 0 Å². The highest BCUT2D eigenvalue weighted by atomic mass is 28.3. The Kier molecular flexibility index (Phi) is 11.7. The van der Waals surface area contributed by atoms with Crippen LogP contribution >= 0.6 is 0 Å². The van der Waals surface area contributed by atoms with Gasteiger partial charge in [-0.25, -0.2) is 4.79 Å². The van der Waals surface area contributed by atoms with Crippen LogP contribution < -0.4 is 0 Å². The predicted octanol–water partition coefficient (Wildman–Crippen LogP) is 2.69. The van der Waals surface area contributed by atoms with Crippen molar-refractivity contribution in [1.82, 2.24) is 0 Å². The van der Waals surface area contributed by atoms with Crippen molar-refractivity contribution in [3.8, 4) is 11.5 Å². The third kappa shape index (κ3) is 6.51. The highest BCUT2D eigenvalue weighted by molar-refractivity contribution is 6.87. The Balaban J connectivity index is 5.46. The van der Waals surface area contributed by atoms with Gasteiger partial charge in [0.1, 0.15) is 14.2 Å². The van der Waals surface area contributed by atoms with Gasteiger partial charge in [0.15, 0.2) is 0 Å². The first kappa shape index (κ1) is 24.8. The molecule has 0 radical (unpaired) electrons. The van der Waals surface area contributed by atoms with Crippen molar-refractivity contribution >= 4 is 19.8 Å². The van der Waals surface area contributed by atoms with Crippen LogP contribution in [0.25, 0.3) is 0 Å². The Morgan fingerprint density at radius 1 is 0.962 bits per heavy atom. The number of aliphatic hydroxyl groups is 1. The van der Waals surface area contributed by atoms with Crippen LogP contribution in [0.2, 0.25) is 18.1 Å². The maximum absolute atomic E-state index is 12.4. The minimum atomic E-state index is -2.01. The fourth-order valence-electron chi connectivity index (χ4n) is 2.73. The summed E-state index contributed by atoms with van der Waals surface area (Å²) >= 11 is 0. The monoisotopic (exact) mass is 386 g/mol. The number of Topliss-reactive ketones (excluding diaryl/α,β-unsaturated/α-hetero) is 1. The molecule has 0 aromatic carbocycles. The summed E-state index contributed by atoms with van der Waals surface area (Å²) in [5.74, 6) is -0.594. The first-order valence-corrected chi connectivity index (χ1v) is 12.1. The van der Waals surface area contributed by atoms with Gasteiger partial charge in [-0.3, -0.25) is 4.79 Å². The summed E-state index contributed by atoms with van der Waals surface area (Å²) in [6, 6.07) is 2.94. The Hall–Kier alpha value is -1.20. The second kappa shape index (κ2) is 12.2. The van der Waals surface area contributed by atoms with E-state index in [1.54, 1.807) is 20.8 Å². The van der Waals surface area contributed by atoms with Gasteiger partial charge >= 0.3 is 5.97 Å². The van der Waals surface area contributed by atoms with Gasteiger partial charge in [0, 0.05) is 13.2 Å². The van der Waals surface area contributed by atoms with Gasteiger partial charge in [0.2, 0.25) is 5.78 Å². The molecule has 0 aromatic rings. The summed E-state index contributed by atoms with van der Waals surface area (Å²) in [7, 11) is -1.76. The molecule has 1 atom stereocenters. The summed E-state index contributed by atoms with van der Waals surface area (Å²) in [4.78, 5) is 24.7. The Labute approximate surface area is 158 Å². The molecular formula is C19H34O6Si. The second-order valence-electron chi connectivity index (χ2n) is 5.99. The van der Waals surface area contributed by atoms with Crippen molar-refractivity contribution in [1.29, 1.82) is 0 Å².